The first kappa shape index (κ1) is 6.08. The van der Waals surface area contributed by atoms with E-state index in [9.17, 15) is 9.50 Å². The lowest BCUT2D eigenvalue weighted by atomic mass is 10.2. The van der Waals surface area contributed by atoms with Gasteiger partial charge in [-0.3, -0.25) is 5.11 Å². The minimum absolute atomic E-state index is 0.541. The van der Waals surface area contributed by atoms with Crippen LogP contribution in [0.15, 0.2) is 18.2 Å². The first-order valence-corrected chi connectivity index (χ1v) is 2.63. The van der Waals surface area contributed by atoms with Gasteiger partial charge in [-0.2, -0.15) is 0 Å². The molecule has 0 saturated carbocycles. The highest BCUT2D eigenvalue weighted by Crippen LogP contribution is 2.15. The highest BCUT2D eigenvalue weighted by atomic mass is 19.1. The number of hydrogen-bond acceptors (Lipinski definition) is 0. The van der Waals surface area contributed by atoms with Crippen LogP contribution in [0.2, 0.25) is 0 Å². The standard InChI is InChI=1S/C7H6FO/c1-5-2-3-7(9)6(8)4-5/h2-4H,1H3. The summed E-state index contributed by atoms with van der Waals surface area (Å²) >= 11 is 0. The van der Waals surface area contributed by atoms with Crippen molar-refractivity contribution in [2.45, 2.75) is 6.92 Å². The molecule has 1 nitrogen and oxygen atoms in total. The van der Waals surface area contributed by atoms with Crippen LogP contribution in [0.1, 0.15) is 5.56 Å². The maximum absolute atomic E-state index is 12.3. The molecule has 0 atom stereocenters. The first-order valence-electron chi connectivity index (χ1n) is 2.63. The van der Waals surface area contributed by atoms with Gasteiger partial charge < -0.3 is 0 Å². The maximum atomic E-state index is 12.3. The zero-order chi connectivity index (χ0) is 6.85. The number of benzene rings is 1. The zero-order valence-corrected chi connectivity index (χ0v) is 5.02. The molecule has 0 heterocycles. The van der Waals surface area contributed by atoms with Crippen molar-refractivity contribution in [3.05, 3.63) is 29.6 Å². The Morgan fingerprint density at radius 3 is 2.56 bits per heavy atom. The normalized spacial score (nSPS) is 9.56. The summed E-state index contributed by atoms with van der Waals surface area (Å²) in [5.41, 5.74) is 0.770. The minimum Gasteiger partial charge on any atom is -0.287 e. The fraction of sp³-hybridized carbons (Fsp3) is 0.143. The lowest BCUT2D eigenvalue weighted by Gasteiger charge is -1.90. The van der Waals surface area contributed by atoms with Crippen LogP contribution in [0.5, 0.6) is 5.75 Å². The van der Waals surface area contributed by atoms with Crippen molar-refractivity contribution in [3.63, 3.8) is 0 Å². The second-order valence-corrected chi connectivity index (χ2v) is 1.93. The third-order valence-electron chi connectivity index (χ3n) is 1.09. The molecule has 0 fully saturated rings. The van der Waals surface area contributed by atoms with Gasteiger partial charge in [-0.1, -0.05) is 6.07 Å². The summed E-state index contributed by atoms with van der Waals surface area (Å²) in [5, 5.41) is 10.4. The maximum Gasteiger partial charge on any atom is 0.214 e. The van der Waals surface area contributed by atoms with Crippen molar-refractivity contribution in [3.8, 4) is 5.75 Å². The van der Waals surface area contributed by atoms with Gasteiger partial charge in [0, 0.05) is 0 Å². The molecule has 0 saturated heterocycles. The molecule has 1 aromatic rings. The summed E-state index contributed by atoms with van der Waals surface area (Å²) < 4.78 is 12.3. The van der Waals surface area contributed by atoms with Crippen LogP contribution < -0.4 is 0 Å². The molecule has 0 unspecified atom stereocenters. The number of rotatable bonds is 0. The third-order valence-corrected chi connectivity index (χ3v) is 1.09. The molecule has 0 aliphatic rings. The van der Waals surface area contributed by atoms with E-state index in [0.29, 0.717) is 0 Å². The van der Waals surface area contributed by atoms with Crippen LogP contribution in [0.25, 0.3) is 0 Å². The predicted octanol–water partition coefficient (Wildman–Crippen LogP) is 2.28. The van der Waals surface area contributed by atoms with Crippen molar-refractivity contribution < 1.29 is 9.50 Å². The van der Waals surface area contributed by atoms with Crippen LogP contribution in [0.3, 0.4) is 0 Å². The highest BCUT2D eigenvalue weighted by molar-refractivity contribution is 5.26. The van der Waals surface area contributed by atoms with E-state index in [1.165, 1.54) is 12.1 Å². The molecule has 1 rings (SSSR count). The van der Waals surface area contributed by atoms with Crippen LogP contribution in [0.4, 0.5) is 4.39 Å². The third kappa shape index (κ3) is 1.19. The average Bonchev–Trinajstić information content (AvgIpc) is 1.80. The summed E-state index contributed by atoms with van der Waals surface area (Å²) in [4.78, 5) is 0. The molecule has 0 aliphatic heterocycles. The van der Waals surface area contributed by atoms with Crippen molar-refractivity contribution in [2.75, 3.05) is 0 Å². The van der Waals surface area contributed by atoms with Crippen molar-refractivity contribution in [1.82, 2.24) is 0 Å². The Labute approximate surface area is 52.8 Å². The molecule has 0 spiro atoms. The summed E-state index contributed by atoms with van der Waals surface area (Å²) in [5.74, 6) is -1.21. The number of halogens is 1. The van der Waals surface area contributed by atoms with Gasteiger partial charge in [-0.25, -0.2) is 4.39 Å². The summed E-state index contributed by atoms with van der Waals surface area (Å²) in [6.07, 6.45) is 0. The van der Waals surface area contributed by atoms with E-state index in [-0.39, 0.29) is 0 Å². The number of hydrogen-bond donors (Lipinski definition) is 0. The van der Waals surface area contributed by atoms with Crippen LogP contribution in [0, 0.1) is 12.7 Å². The van der Waals surface area contributed by atoms with Gasteiger partial charge in [0.15, 0.2) is 5.82 Å². The Morgan fingerprint density at radius 2 is 2.11 bits per heavy atom. The second kappa shape index (κ2) is 2.05. The van der Waals surface area contributed by atoms with E-state index in [1.807, 2.05) is 0 Å². The number of aryl methyl sites for hydroxylation is 1. The molecule has 0 N–H and O–H groups in total. The Balaban J connectivity index is 3.17. The Hall–Kier alpha value is -1.05. The van der Waals surface area contributed by atoms with E-state index >= 15 is 0 Å². The molecule has 9 heavy (non-hydrogen) atoms. The van der Waals surface area contributed by atoms with E-state index in [4.69, 9.17) is 0 Å². The fourth-order valence-electron chi connectivity index (χ4n) is 0.606. The Morgan fingerprint density at radius 1 is 1.44 bits per heavy atom. The molecule has 0 aromatic heterocycles. The van der Waals surface area contributed by atoms with E-state index in [0.717, 1.165) is 5.56 Å². The quantitative estimate of drug-likeness (QED) is 0.507. The first-order chi connectivity index (χ1) is 4.20. The van der Waals surface area contributed by atoms with Gasteiger partial charge in [0.2, 0.25) is 5.75 Å². The highest BCUT2D eigenvalue weighted by Gasteiger charge is 1.98. The van der Waals surface area contributed by atoms with Gasteiger partial charge in [-0.05, 0) is 24.6 Å². The molecular weight excluding hydrogens is 119 g/mol. The van der Waals surface area contributed by atoms with Gasteiger partial charge in [0.25, 0.3) is 0 Å². The molecule has 1 aromatic carbocycles. The Kier molecular flexibility index (Phi) is 1.39. The summed E-state index contributed by atoms with van der Waals surface area (Å²) in [6.45, 7) is 1.74. The van der Waals surface area contributed by atoms with Crippen molar-refractivity contribution >= 4 is 0 Å². The smallest absolute Gasteiger partial charge is 0.214 e. The largest absolute Gasteiger partial charge is 0.287 e. The summed E-state index contributed by atoms with van der Waals surface area (Å²) in [6, 6.07) is 4.04. The monoisotopic (exact) mass is 125 g/mol. The molecule has 0 amide bonds. The van der Waals surface area contributed by atoms with Gasteiger partial charge in [0.1, 0.15) is 0 Å². The lowest BCUT2D eigenvalue weighted by molar-refractivity contribution is 0.330. The van der Waals surface area contributed by atoms with E-state index < -0.39 is 11.6 Å². The lowest BCUT2D eigenvalue weighted by Crippen LogP contribution is -1.75. The van der Waals surface area contributed by atoms with Crippen LogP contribution >= 0.6 is 0 Å². The molecular formula is C7H6FO. The van der Waals surface area contributed by atoms with Gasteiger partial charge >= 0.3 is 0 Å². The molecule has 0 aliphatic carbocycles. The molecule has 1 radical (unpaired) electrons. The van der Waals surface area contributed by atoms with Gasteiger partial charge in [-0.15, -0.1) is 0 Å². The average molecular weight is 125 g/mol. The predicted molar refractivity (Wildman–Crippen MR) is 31.3 cm³/mol. The van der Waals surface area contributed by atoms with Gasteiger partial charge in [0.05, 0.1) is 0 Å². The van der Waals surface area contributed by atoms with E-state index in [1.54, 1.807) is 13.0 Å². The van der Waals surface area contributed by atoms with Crippen LogP contribution in [-0.2, 0) is 5.11 Å². The van der Waals surface area contributed by atoms with Crippen LogP contribution in [-0.4, -0.2) is 0 Å². The fourth-order valence-corrected chi connectivity index (χ4v) is 0.606. The van der Waals surface area contributed by atoms with Crippen molar-refractivity contribution in [2.24, 2.45) is 0 Å². The molecule has 47 valence electrons. The van der Waals surface area contributed by atoms with E-state index in [2.05, 4.69) is 0 Å². The minimum atomic E-state index is -0.671. The molecule has 2 heteroatoms. The topological polar surface area (TPSA) is 19.9 Å². The van der Waals surface area contributed by atoms with Crippen molar-refractivity contribution in [1.29, 1.82) is 0 Å². The zero-order valence-electron chi connectivity index (χ0n) is 5.02. The molecule has 0 bridgehead atoms. The summed E-state index contributed by atoms with van der Waals surface area (Å²) in [7, 11) is 0. The second-order valence-electron chi connectivity index (χ2n) is 1.93. The SMILES string of the molecule is Cc1ccc([O])c(F)c1. The Bertz CT molecular complexity index is 220.